The number of ketones is 1. The number of amides is 1. The van der Waals surface area contributed by atoms with Gasteiger partial charge < -0.3 is 14.3 Å². The molecule has 7 nitrogen and oxygen atoms in total. The molecule has 2 aromatic carbocycles. The molecule has 0 fully saturated rings. The maximum Gasteiger partial charge on any atom is 0.296 e. The Balaban J connectivity index is 1.69. The van der Waals surface area contributed by atoms with Crippen molar-refractivity contribution in [3.8, 4) is 5.75 Å². The number of fused-ring (bicyclic) bond motifs is 1. The molecular weight excluding hydrogens is 452 g/mol. The topological polar surface area (TPSA) is 92.9 Å². The minimum absolute atomic E-state index is 0.0398. The van der Waals surface area contributed by atoms with Crippen LogP contribution in [0.2, 0.25) is 0 Å². The van der Waals surface area contributed by atoms with Gasteiger partial charge in [0.25, 0.3) is 5.91 Å². The van der Waals surface area contributed by atoms with Gasteiger partial charge in [-0.3, -0.25) is 14.5 Å². The monoisotopic (exact) mass is 474 g/mol. The van der Waals surface area contributed by atoms with Gasteiger partial charge in [0.2, 0.25) is 5.78 Å². The average molecular weight is 475 g/mol. The lowest BCUT2D eigenvalue weighted by molar-refractivity contribution is -0.117. The van der Waals surface area contributed by atoms with E-state index in [2.05, 4.69) is 0 Å². The molecule has 1 N–H and O–H groups in total. The fourth-order valence-electron chi connectivity index (χ4n) is 4.29. The Morgan fingerprint density at radius 3 is 2.76 bits per heavy atom. The number of aliphatic hydroxyl groups is 1. The minimum atomic E-state index is -0.896. The van der Waals surface area contributed by atoms with Gasteiger partial charge >= 0.3 is 0 Å². The first-order valence-corrected chi connectivity index (χ1v) is 11.7. The van der Waals surface area contributed by atoms with E-state index in [9.17, 15) is 14.7 Å². The Morgan fingerprint density at radius 1 is 1.21 bits per heavy atom. The van der Waals surface area contributed by atoms with Crippen LogP contribution < -0.4 is 9.64 Å². The van der Waals surface area contributed by atoms with Gasteiger partial charge in [-0.15, -0.1) is 0 Å². The molecule has 8 heteroatoms. The molecule has 0 radical (unpaired) electrons. The number of carbonyl (C=O) groups excluding carboxylic acids is 2. The Labute approximate surface area is 199 Å². The van der Waals surface area contributed by atoms with Crippen molar-refractivity contribution in [1.29, 1.82) is 0 Å². The summed E-state index contributed by atoms with van der Waals surface area (Å²) in [5.74, 6) is -1.22. The minimum Gasteiger partial charge on any atom is -0.503 e. The molecule has 4 aromatic rings. The van der Waals surface area contributed by atoms with Crippen LogP contribution in [0.5, 0.6) is 5.75 Å². The van der Waals surface area contributed by atoms with Gasteiger partial charge in [0.05, 0.1) is 34.7 Å². The van der Waals surface area contributed by atoms with E-state index < -0.39 is 23.5 Å². The average Bonchev–Trinajstić information content (AvgIpc) is 3.53. The van der Waals surface area contributed by atoms with Crippen molar-refractivity contribution in [1.82, 2.24) is 4.98 Å². The molecule has 2 aromatic heterocycles. The van der Waals surface area contributed by atoms with Crippen molar-refractivity contribution >= 4 is 38.4 Å². The summed E-state index contributed by atoms with van der Waals surface area (Å²) >= 11 is 1.34. The fourth-order valence-corrected chi connectivity index (χ4v) is 5.46. The highest BCUT2D eigenvalue weighted by Gasteiger charge is 2.46. The molecular formula is C26H22N2O5S. The zero-order valence-electron chi connectivity index (χ0n) is 18.9. The number of aromatic nitrogens is 1. The van der Waals surface area contributed by atoms with Crippen LogP contribution in [0, 0.1) is 13.8 Å². The summed E-state index contributed by atoms with van der Waals surface area (Å²) in [7, 11) is 0. The first kappa shape index (κ1) is 21.9. The highest BCUT2D eigenvalue weighted by Crippen LogP contribution is 2.45. The van der Waals surface area contributed by atoms with Crippen LogP contribution in [0.25, 0.3) is 10.2 Å². The Morgan fingerprint density at radius 2 is 2.03 bits per heavy atom. The van der Waals surface area contributed by atoms with Crippen LogP contribution >= 0.6 is 11.3 Å². The number of furan rings is 1. The van der Waals surface area contributed by atoms with Crippen LogP contribution in [-0.4, -0.2) is 28.4 Å². The molecule has 34 heavy (non-hydrogen) atoms. The molecule has 0 spiro atoms. The number of rotatable bonds is 6. The smallest absolute Gasteiger partial charge is 0.296 e. The second-order valence-corrected chi connectivity index (χ2v) is 9.09. The molecule has 0 saturated carbocycles. The molecule has 0 bridgehead atoms. The number of hydrogen-bond acceptors (Lipinski definition) is 7. The molecule has 1 unspecified atom stereocenters. The molecule has 1 aliphatic rings. The normalized spacial score (nSPS) is 16.0. The lowest BCUT2D eigenvalue weighted by Crippen LogP contribution is -2.31. The number of ether oxygens (including phenoxy) is 1. The number of carbonyl (C=O) groups is 2. The van der Waals surface area contributed by atoms with Crippen molar-refractivity contribution < 1.29 is 23.8 Å². The summed E-state index contributed by atoms with van der Waals surface area (Å²) in [6, 6.07) is 13.4. The molecule has 1 amide bonds. The third kappa shape index (κ3) is 3.56. The maximum absolute atomic E-state index is 13.4. The number of aliphatic hydroxyl groups excluding tert-OH is 1. The molecule has 1 aliphatic heterocycles. The van der Waals surface area contributed by atoms with Crippen LogP contribution in [0.4, 0.5) is 5.13 Å². The van der Waals surface area contributed by atoms with E-state index in [4.69, 9.17) is 14.1 Å². The maximum atomic E-state index is 13.4. The van der Waals surface area contributed by atoms with Gasteiger partial charge in [0.1, 0.15) is 5.75 Å². The molecule has 5 rings (SSSR count). The van der Waals surface area contributed by atoms with E-state index in [-0.39, 0.29) is 11.3 Å². The van der Waals surface area contributed by atoms with Crippen molar-refractivity contribution in [2.45, 2.75) is 26.8 Å². The van der Waals surface area contributed by atoms with Gasteiger partial charge in [0, 0.05) is 0 Å². The lowest BCUT2D eigenvalue weighted by Gasteiger charge is -2.24. The summed E-state index contributed by atoms with van der Waals surface area (Å²) < 4.78 is 11.9. The number of aryl methyl sites for hydroxylation is 2. The first-order chi connectivity index (χ1) is 16.4. The summed E-state index contributed by atoms with van der Waals surface area (Å²) in [6.07, 6.45) is 1.38. The molecule has 172 valence electrons. The number of Topliss-reactive ketones (excluding diaryl/α,β-unsaturated/α-hetero) is 1. The second kappa shape index (κ2) is 8.46. The van der Waals surface area contributed by atoms with Crippen molar-refractivity contribution in [3.05, 3.63) is 88.6 Å². The van der Waals surface area contributed by atoms with E-state index in [1.807, 2.05) is 32.9 Å². The van der Waals surface area contributed by atoms with Crippen molar-refractivity contribution in [2.24, 2.45) is 0 Å². The summed E-state index contributed by atoms with van der Waals surface area (Å²) in [4.78, 5) is 32.9. The standard InChI is InChI=1S/C26H22N2O5S/c1-4-32-17-8-5-7-16(13-17)22-20(23(29)18-9-6-10-33-18)24(30)25(31)28(22)26-27-21-15(3)11-14(2)12-19(21)34-26/h5-13,22,30H,4H2,1-3H3. The SMILES string of the molecule is CCOc1cccc(C2C(C(=O)c3ccco3)=C(O)C(=O)N2c2nc3c(C)cc(C)cc3s2)c1. The van der Waals surface area contributed by atoms with E-state index >= 15 is 0 Å². The highest BCUT2D eigenvalue weighted by molar-refractivity contribution is 7.22. The van der Waals surface area contributed by atoms with E-state index in [1.165, 1.54) is 28.6 Å². The number of nitrogens with zero attached hydrogens (tertiary/aromatic N) is 2. The van der Waals surface area contributed by atoms with Crippen LogP contribution in [0.3, 0.4) is 0 Å². The quantitative estimate of drug-likeness (QED) is 0.361. The summed E-state index contributed by atoms with van der Waals surface area (Å²) in [5, 5.41) is 11.3. The Bertz CT molecular complexity index is 1450. The van der Waals surface area contributed by atoms with Crippen LogP contribution in [0.15, 0.2) is 70.5 Å². The highest BCUT2D eigenvalue weighted by atomic mass is 32.1. The molecule has 3 heterocycles. The second-order valence-electron chi connectivity index (χ2n) is 8.08. The molecule has 0 aliphatic carbocycles. The van der Waals surface area contributed by atoms with Gasteiger partial charge in [-0.1, -0.05) is 29.5 Å². The molecule has 0 saturated heterocycles. The van der Waals surface area contributed by atoms with E-state index in [0.29, 0.717) is 23.1 Å². The van der Waals surface area contributed by atoms with Gasteiger partial charge in [0.15, 0.2) is 16.7 Å². The predicted molar refractivity (Wildman–Crippen MR) is 130 cm³/mol. The number of thiazole rings is 1. The van der Waals surface area contributed by atoms with Gasteiger partial charge in [-0.25, -0.2) is 4.98 Å². The number of anilines is 1. The largest absolute Gasteiger partial charge is 0.503 e. The Kier molecular flexibility index (Phi) is 5.45. The zero-order valence-corrected chi connectivity index (χ0v) is 19.7. The summed E-state index contributed by atoms with van der Waals surface area (Å²) in [6.45, 7) is 6.31. The van der Waals surface area contributed by atoms with Crippen molar-refractivity contribution in [2.75, 3.05) is 11.5 Å². The fraction of sp³-hybridized carbons (Fsp3) is 0.192. The summed E-state index contributed by atoms with van der Waals surface area (Å²) in [5.41, 5.74) is 3.42. The Hall–Kier alpha value is -3.91. The van der Waals surface area contributed by atoms with E-state index in [1.54, 1.807) is 30.3 Å². The van der Waals surface area contributed by atoms with E-state index in [0.717, 1.165) is 21.3 Å². The van der Waals surface area contributed by atoms with Crippen LogP contribution in [-0.2, 0) is 4.79 Å². The van der Waals surface area contributed by atoms with Crippen LogP contribution in [0.1, 0.15) is 40.2 Å². The number of benzene rings is 2. The lowest BCUT2D eigenvalue weighted by atomic mass is 9.95. The predicted octanol–water partition coefficient (Wildman–Crippen LogP) is 5.69. The third-order valence-corrected chi connectivity index (χ3v) is 6.71. The zero-order chi connectivity index (χ0) is 24.0. The number of hydrogen-bond donors (Lipinski definition) is 1. The van der Waals surface area contributed by atoms with Crippen molar-refractivity contribution in [3.63, 3.8) is 0 Å². The molecule has 1 atom stereocenters. The first-order valence-electron chi connectivity index (χ1n) is 10.8. The third-order valence-electron chi connectivity index (χ3n) is 5.71. The van der Waals surface area contributed by atoms with Gasteiger partial charge in [-0.2, -0.15) is 0 Å². The van der Waals surface area contributed by atoms with Gasteiger partial charge in [-0.05, 0) is 67.8 Å².